The van der Waals surface area contributed by atoms with Crippen LogP contribution >= 0.6 is 11.3 Å². The van der Waals surface area contributed by atoms with E-state index in [2.05, 4.69) is 9.98 Å². The van der Waals surface area contributed by atoms with Gasteiger partial charge in [0.25, 0.3) is 5.69 Å². The second-order valence-electron chi connectivity index (χ2n) is 5.33. The van der Waals surface area contributed by atoms with Gasteiger partial charge in [-0.15, -0.1) is 11.3 Å². The van der Waals surface area contributed by atoms with Crippen LogP contribution in [0.25, 0.3) is 0 Å². The fraction of sp³-hybridized carbons (Fsp3) is 0.235. The van der Waals surface area contributed by atoms with Crippen LogP contribution in [0.5, 0.6) is 0 Å². The quantitative estimate of drug-likeness (QED) is 0.241. The predicted molar refractivity (Wildman–Crippen MR) is 102 cm³/mol. The lowest BCUT2D eigenvalue weighted by Crippen LogP contribution is -2.07. The van der Waals surface area contributed by atoms with Gasteiger partial charge in [-0.05, 0) is 25.1 Å². The largest absolute Gasteiger partial charge is 0.462 e. The maximum atomic E-state index is 12.1. The molecule has 0 atom stereocenters. The van der Waals surface area contributed by atoms with Gasteiger partial charge in [0.2, 0.25) is 0 Å². The molecule has 0 aliphatic rings. The Bertz CT molecular complexity index is 841. The Morgan fingerprint density at radius 1 is 1.31 bits per heavy atom. The maximum Gasteiger partial charge on any atom is 0.341 e. The molecule has 0 fully saturated rings. The lowest BCUT2D eigenvalue weighted by Gasteiger charge is -2.02. The summed E-state index contributed by atoms with van der Waals surface area (Å²) in [5.74, 6) is -0.440. The van der Waals surface area contributed by atoms with Crippen LogP contribution in [-0.4, -0.2) is 49.0 Å². The van der Waals surface area contributed by atoms with E-state index in [1.54, 1.807) is 42.6 Å². The average molecular weight is 374 g/mol. The van der Waals surface area contributed by atoms with E-state index in [0.29, 0.717) is 16.3 Å². The molecule has 0 amide bonds. The second-order valence-corrected chi connectivity index (χ2v) is 6.39. The first-order valence-electron chi connectivity index (χ1n) is 7.70. The molecule has 1 heterocycles. The lowest BCUT2D eigenvalue weighted by atomic mass is 10.3. The van der Waals surface area contributed by atoms with Crippen LogP contribution in [-0.2, 0) is 4.74 Å². The highest BCUT2D eigenvalue weighted by molar-refractivity contribution is 7.17. The van der Waals surface area contributed by atoms with E-state index in [4.69, 9.17) is 4.74 Å². The third-order valence-corrected chi connectivity index (χ3v) is 4.01. The molecule has 9 heteroatoms. The molecule has 136 valence electrons. The number of aliphatic imine (C=N–C) groups is 2. The zero-order valence-electron chi connectivity index (χ0n) is 14.6. The summed E-state index contributed by atoms with van der Waals surface area (Å²) < 4.78 is 5.06. The van der Waals surface area contributed by atoms with Crippen LogP contribution in [0, 0.1) is 10.1 Å². The van der Waals surface area contributed by atoms with Crippen molar-refractivity contribution >= 4 is 46.2 Å². The zero-order chi connectivity index (χ0) is 19.1. The van der Waals surface area contributed by atoms with E-state index in [1.165, 1.54) is 23.5 Å². The summed E-state index contributed by atoms with van der Waals surface area (Å²) in [7, 11) is 3.66. The summed E-state index contributed by atoms with van der Waals surface area (Å²) in [6.07, 6.45) is 3.19. The standard InChI is InChI=1S/C17H18N4O4S/c1-4-25-17(22)15-9-14(26-16(15)19-11-20(2)3)10-18-12-5-7-13(8-6-12)21(23)24/h5-11H,4H2,1-3H3. The van der Waals surface area contributed by atoms with Crippen molar-refractivity contribution in [2.75, 3.05) is 20.7 Å². The number of hydrogen-bond donors (Lipinski definition) is 0. The molecular formula is C17H18N4O4S. The lowest BCUT2D eigenvalue weighted by molar-refractivity contribution is -0.384. The molecule has 1 aromatic heterocycles. The van der Waals surface area contributed by atoms with Crippen molar-refractivity contribution in [3.05, 3.63) is 50.9 Å². The Kier molecular flexibility index (Phi) is 6.56. The minimum atomic E-state index is -0.465. The molecule has 2 aromatic rings. The summed E-state index contributed by atoms with van der Waals surface area (Å²) in [6, 6.07) is 7.55. The number of nitro benzene ring substituents is 1. The summed E-state index contributed by atoms with van der Waals surface area (Å²) >= 11 is 1.30. The van der Waals surface area contributed by atoms with Crippen molar-refractivity contribution in [2.24, 2.45) is 9.98 Å². The van der Waals surface area contributed by atoms with E-state index in [9.17, 15) is 14.9 Å². The third-order valence-electron chi connectivity index (χ3n) is 3.03. The van der Waals surface area contributed by atoms with E-state index in [0.717, 1.165) is 4.88 Å². The number of ether oxygens (including phenoxy) is 1. The molecule has 0 aliphatic carbocycles. The molecule has 0 spiro atoms. The molecule has 0 aliphatic heterocycles. The van der Waals surface area contributed by atoms with Gasteiger partial charge in [0, 0.05) is 37.3 Å². The molecule has 0 radical (unpaired) electrons. The van der Waals surface area contributed by atoms with E-state index < -0.39 is 10.9 Å². The highest BCUT2D eigenvalue weighted by Gasteiger charge is 2.16. The number of rotatable bonds is 7. The number of carbonyl (C=O) groups excluding carboxylic acids is 1. The minimum absolute atomic E-state index is 0.00461. The molecule has 1 aromatic carbocycles. The summed E-state index contributed by atoms with van der Waals surface area (Å²) in [5.41, 5.74) is 0.949. The molecule has 0 saturated carbocycles. The van der Waals surface area contributed by atoms with Crippen LogP contribution in [0.1, 0.15) is 22.2 Å². The summed E-state index contributed by atoms with van der Waals surface area (Å²) in [4.78, 5) is 33.4. The van der Waals surface area contributed by atoms with E-state index in [-0.39, 0.29) is 12.3 Å². The number of nitrogens with zero attached hydrogens (tertiary/aromatic N) is 4. The van der Waals surface area contributed by atoms with E-state index in [1.807, 2.05) is 14.1 Å². The third kappa shape index (κ3) is 5.21. The van der Waals surface area contributed by atoms with Crippen molar-refractivity contribution in [3.8, 4) is 0 Å². The van der Waals surface area contributed by atoms with Gasteiger partial charge < -0.3 is 9.64 Å². The Hall–Kier alpha value is -3.07. The molecule has 0 N–H and O–H groups in total. The van der Waals surface area contributed by atoms with Gasteiger partial charge in [0.05, 0.1) is 29.1 Å². The average Bonchev–Trinajstić information content (AvgIpc) is 3.02. The molecule has 0 unspecified atom stereocenters. The normalized spacial score (nSPS) is 11.2. The molecule has 8 nitrogen and oxygen atoms in total. The van der Waals surface area contributed by atoms with Gasteiger partial charge in [0.15, 0.2) is 0 Å². The van der Waals surface area contributed by atoms with Crippen molar-refractivity contribution in [3.63, 3.8) is 0 Å². The highest BCUT2D eigenvalue weighted by Crippen LogP contribution is 2.31. The highest BCUT2D eigenvalue weighted by atomic mass is 32.1. The first-order chi connectivity index (χ1) is 12.4. The van der Waals surface area contributed by atoms with Crippen LogP contribution in [0.2, 0.25) is 0 Å². The minimum Gasteiger partial charge on any atom is -0.462 e. The number of benzene rings is 1. The zero-order valence-corrected chi connectivity index (χ0v) is 15.4. The first kappa shape index (κ1) is 19.3. The monoisotopic (exact) mass is 374 g/mol. The van der Waals surface area contributed by atoms with Crippen LogP contribution < -0.4 is 0 Å². The van der Waals surface area contributed by atoms with Gasteiger partial charge >= 0.3 is 5.97 Å². The van der Waals surface area contributed by atoms with Gasteiger partial charge in [-0.2, -0.15) is 0 Å². The molecule has 26 heavy (non-hydrogen) atoms. The summed E-state index contributed by atoms with van der Waals surface area (Å²) in [5, 5.41) is 11.2. The smallest absolute Gasteiger partial charge is 0.341 e. The number of nitro groups is 1. The SMILES string of the molecule is CCOC(=O)c1cc(C=Nc2ccc([N+](=O)[O-])cc2)sc1N=CN(C)C. The summed E-state index contributed by atoms with van der Waals surface area (Å²) in [6.45, 7) is 2.02. The topological polar surface area (TPSA) is 97.4 Å². The number of esters is 1. The van der Waals surface area contributed by atoms with Crippen LogP contribution in [0.3, 0.4) is 0 Å². The van der Waals surface area contributed by atoms with Gasteiger partial charge in [-0.25, -0.2) is 9.79 Å². The van der Waals surface area contributed by atoms with Gasteiger partial charge in [0.1, 0.15) is 5.00 Å². The Balaban J connectivity index is 2.26. The van der Waals surface area contributed by atoms with Crippen molar-refractivity contribution in [2.45, 2.75) is 6.92 Å². The van der Waals surface area contributed by atoms with Crippen molar-refractivity contribution < 1.29 is 14.5 Å². The Morgan fingerprint density at radius 2 is 2.00 bits per heavy atom. The number of thiophene rings is 1. The second kappa shape index (κ2) is 8.86. The maximum absolute atomic E-state index is 12.1. The molecular weight excluding hydrogens is 356 g/mol. The first-order valence-corrected chi connectivity index (χ1v) is 8.52. The Labute approximate surface area is 154 Å². The van der Waals surface area contributed by atoms with Gasteiger partial charge in [-0.1, -0.05) is 0 Å². The molecule has 0 bridgehead atoms. The predicted octanol–water partition coefficient (Wildman–Crippen LogP) is 3.81. The molecule has 0 saturated heterocycles. The van der Waals surface area contributed by atoms with Crippen LogP contribution in [0.4, 0.5) is 16.4 Å². The Morgan fingerprint density at radius 3 is 2.58 bits per heavy atom. The van der Waals surface area contributed by atoms with Crippen molar-refractivity contribution in [1.29, 1.82) is 0 Å². The van der Waals surface area contributed by atoms with Crippen molar-refractivity contribution in [1.82, 2.24) is 4.90 Å². The number of carbonyl (C=O) groups is 1. The molecule has 2 rings (SSSR count). The number of non-ortho nitro benzene ring substituents is 1. The fourth-order valence-corrected chi connectivity index (χ4v) is 2.74. The number of hydrogen-bond acceptors (Lipinski definition) is 7. The van der Waals surface area contributed by atoms with Crippen LogP contribution in [0.15, 0.2) is 40.3 Å². The fourth-order valence-electron chi connectivity index (χ4n) is 1.88. The van der Waals surface area contributed by atoms with Gasteiger partial charge in [-0.3, -0.25) is 15.1 Å². The van der Waals surface area contributed by atoms with E-state index >= 15 is 0 Å².